The Morgan fingerprint density at radius 2 is 1.85 bits per heavy atom. The van der Waals surface area contributed by atoms with E-state index < -0.39 is 6.04 Å². The summed E-state index contributed by atoms with van der Waals surface area (Å²) in [6.45, 7) is 1.98. The van der Waals surface area contributed by atoms with E-state index in [4.69, 9.17) is 9.47 Å². The first kappa shape index (κ1) is 22.2. The molecule has 0 saturated carbocycles. The lowest BCUT2D eigenvalue weighted by atomic mass is 9.94. The third-order valence-corrected chi connectivity index (χ3v) is 5.85. The van der Waals surface area contributed by atoms with Crippen molar-refractivity contribution in [2.75, 3.05) is 39.7 Å². The number of urea groups is 1. The molecule has 2 heterocycles. The van der Waals surface area contributed by atoms with Crippen molar-refractivity contribution in [3.05, 3.63) is 64.9 Å². The van der Waals surface area contributed by atoms with Gasteiger partial charge in [0.15, 0.2) is 11.5 Å². The first-order chi connectivity index (χ1) is 15.8. The van der Waals surface area contributed by atoms with Crippen LogP contribution in [0.2, 0.25) is 0 Å². The van der Waals surface area contributed by atoms with Crippen molar-refractivity contribution in [1.82, 2.24) is 15.1 Å². The first-order valence-corrected chi connectivity index (χ1v) is 10.5. The number of hydrogen-bond donors (Lipinski definition) is 2. The number of hydrogen-bond acceptors (Lipinski definition) is 5. The molecule has 9 nitrogen and oxygen atoms in total. The molecule has 9 heteroatoms. The van der Waals surface area contributed by atoms with Gasteiger partial charge in [-0.25, -0.2) is 4.79 Å². The number of ether oxygens (including phenoxy) is 2. The Labute approximate surface area is 191 Å². The summed E-state index contributed by atoms with van der Waals surface area (Å²) < 4.78 is 10.9. The van der Waals surface area contributed by atoms with Crippen LogP contribution in [0, 0.1) is 6.92 Å². The van der Waals surface area contributed by atoms with E-state index in [0.717, 1.165) is 5.56 Å². The van der Waals surface area contributed by atoms with E-state index in [0.29, 0.717) is 34.0 Å². The molecule has 4 rings (SSSR count). The van der Waals surface area contributed by atoms with E-state index >= 15 is 0 Å². The summed E-state index contributed by atoms with van der Waals surface area (Å²) in [5.74, 6) is 0.297. The molecule has 2 aliphatic rings. The minimum Gasteiger partial charge on any atom is -0.493 e. The topological polar surface area (TPSA) is 100 Å². The molecule has 2 aliphatic heterocycles. The summed E-state index contributed by atoms with van der Waals surface area (Å²) >= 11 is 0. The van der Waals surface area contributed by atoms with Crippen LogP contribution >= 0.6 is 0 Å². The third kappa shape index (κ3) is 4.09. The first-order valence-electron chi connectivity index (χ1n) is 10.5. The number of carbonyl (C=O) groups is 3. The van der Waals surface area contributed by atoms with E-state index in [1.807, 2.05) is 31.2 Å². The highest BCUT2D eigenvalue weighted by atomic mass is 16.5. The summed E-state index contributed by atoms with van der Waals surface area (Å²) in [5.41, 5.74) is 3.31. The quantitative estimate of drug-likeness (QED) is 0.704. The molecule has 0 bridgehead atoms. The number of nitrogens with one attached hydrogen (secondary N) is 2. The van der Waals surface area contributed by atoms with Gasteiger partial charge in [0.1, 0.15) is 6.54 Å². The van der Waals surface area contributed by atoms with Crippen molar-refractivity contribution in [2.24, 2.45) is 0 Å². The van der Waals surface area contributed by atoms with Crippen LogP contribution in [-0.4, -0.2) is 62.0 Å². The number of nitrogens with zero attached hydrogens (tertiary/aromatic N) is 2. The smallest absolute Gasteiger partial charge is 0.322 e. The molecular formula is C24H26N4O5. The van der Waals surface area contributed by atoms with Gasteiger partial charge in [-0.05, 0) is 25.1 Å². The monoisotopic (exact) mass is 450 g/mol. The molecule has 0 aromatic heterocycles. The molecule has 0 radical (unpaired) electrons. The average Bonchev–Trinajstić information content (AvgIpc) is 3.13. The maximum absolute atomic E-state index is 13.4. The van der Waals surface area contributed by atoms with Crippen LogP contribution in [0.1, 0.15) is 17.2 Å². The van der Waals surface area contributed by atoms with Gasteiger partial charge in [0.25, 0.3) is 5.91 Å². The third-order valence-electron chi connectivity index (χ3n) is 5.85. The van der Waals surface area contributed by atoms with Gasteiger partial charge in [-0.3, -0.25) is 14.5 Å². The summed E-state index contributed by atoms with van der Waals surface area (Å²) in [4.78, 5) is 41.6. The summed E-state index contributed by atoms with van der Waals surface area (Å²) in [6.07, 6.45) is 0. The lowest BCUT2D eigenvalue weighted by molar-refractivity contribution is -0.130. The molecule has 1 unspecified atom stereocenters. The highest BCUT2D eigenvalue weighted by molar-refractivity contribution is 6.04. The van der Waals surface area contributed by atoms with Crippen molar-refractivity contribution in [3.8, 4) is 11.5 Å². The van der Waals surface area contributed by atoms with Gasteiger partial charge >= 0.3 is 6.03 Å². The van der Waals surface area contributed by atoms with Crippen LogP contribution in [0.25, 0.3) is 0 Å². The SMILES string of the molecule is COc1cccc(C2NC(=O)N(C)C3=C2C(=O)N(CC(=O)Nc2ccc(C)cc2)C3)c1OC. The largest absolute Gasteiger partial charge is 0.493 e. The Bertz CT molecular complexity index is 1140. The van der Waals surface area contributed by atoms with Gasteiger partial charge in [0.2, 0.25) is 5.91 Å². The summed E-state index contributed by atoms with van der Waals surface area (Å²) in [6, 6.07) is 11.6. The summed E-state index contributed by atoms with van der Waals surface area (Å²) in [5, 5.41) is 5.68. The van der Waals surface area contributed by atoms with Crippen LogP contribution in [0.5, 0.6) is 11.5 Å². The second kappa shape index (κ2) is 8.85. The normalized spacial score (nSPS) is 17.6. The number of likely N-dealkylation sites (N-methyl/N-ethyl adjacent to an activating group) is 1. The highest BCUT2D eigenvalue weighted by Crippen LogP contribution is 2.42. The average molecular weight is 450 g/mol. The zero-order valence-electron chi connectivity index (χ0n) is 19.0. The molecule has 2 aromatic rings. The lowest BCUT2D eigenvalue weighted by Gasteiger charge is -2.31. The number of amides is 4. The van der Waals surface area contributed by atoms with Gasteiger partial charge in [-0.2, -0.15) is 0 Å². The van der Waals surface area contributed by atoms with Crippen molar-refractivity contribution in [3.63, 3.8) is 0 Å². The van der Waals surface area contributed by atoms with Crippen molar-refractivity contribution in [2.45, 2.75) is 13.0 Å². The molecule has 33 heavy (non-hydrogen) atoms. The van der Waals surface area contributed by atoms with Crippen molar-refractivity contribution < 1.29 is 23.9 Å². The molecule has 1 atom stereocenters. The zero-order valence-corrected chi connectivity index (χ0v) is 19.0. The molecule has 4 amide bonds. The molecule has 2 N–H and O–H groups in total. The van der Waals surface area contributed by atoms with E-state index in [1.165, 1.54) is 24.0 Å². The van der Waals surface area contributed by atoms with Crippen molar-refractivity contribution >= 4 is 23.5 Å². The Morgan fingerprint density at radius 1 is 1.12 bits per heavy atom. The van der Waals surface area contributed by atoms with E-state index in [9.17, 15) is 14.4 Å². The van der Waals surface area contributed by atoms with Gasteiger partial charge in [-0.15, -0.1) is 0 Å². The fourth-order valence-corrected chi connectivity index (χ4v) is 4.13. The number of para-hydroxylation sites is 1. The molecule has 172 valence electrons. The zero-order chi connectivity index (χ0) is 23.7. The van der Waals surface area contributed by atoms with Gasteiger partial charge < -0.3 is 25.0 Å². The number of aryl methyl sites for hydroxylation is 1. The van der Waals surface area contributed by atoms with E-state index in [-0.39, 0.29) is 30.9 Å². The Balaban J connectivity index is 1.60. The van der Waals surface area contributed by atoms with Crippen LogP contribution in [0.4, 0.5) is 10.5 Å². The molecule has 0 fully saturated rings. The van der Waals surface area contributed by atoms with Crippen LogP contribution in [-0.2, 0) is 9.59 Å². The van der Waals surface area contributed by atoms with Crippen LogP contribution in [0.3, 0.4) is 0 Å². The fourth-order valence-electron chi connectivity index (χ4n) is 4.13. The predicted octanol–water partition coefficient (Wildman–Crippen LogP) is 2.44. The Kier molecular flexibility index (Phi) is 5.95. The maximum Gasteiger partial charge on any atom is 0.322 e. The number of rotatable bonds is 6. The molecule has 0 spiro atoms. The number of benzene rings is 2. The Morgan fingerprint density at radius 3 is 2.52 bits per heavy atom. The number of anilines is 1. The van der Waals surface area contributed by atoms with E-state index in [1.54, 1.807) is 25.2 Å². The summed E-state index contributed by atoms with van der Waals surface area (Å²) in [7, 11) is 4.63. The highest BCUT2D eigenvalue weighted by Gasteiger charge is 2.44. The van der Waals surface area contributed by atoms with Gasteiger partial charge in [0.05, 0.1) is 38.1 Å². The van der Waals surface area contributed by atoms with E-state index in [2.05, 4.69) is 10.6 Å². The lowest BCUT2D eigenvalue weighted by Crippen LogP contribution is -2.45. The minimum atomic E-state index is -0.730. The van der Waals surface area contributed by atoms with Gasteiger partial charge in [-0.1, -0.05) is 29.8 Å². The fraction of sp³-hybridized carbons (Fsp3) is 0.292. The second-order valence-corrected chi connectivity index (χ2v) is 7.96. The Hall–Kier alpha value is -4.01. The number of methoxy groups -OCH3 is 2. The maximum atomic E-state index is 13.4. The molecule has 0 aliphatic carbocycles. The number of carbonyl (C=O) groups excluding carboxylic acids is 3. The van der Waals surface area contributed by atoms with Crippen molar-refractivity contribution in [1.29, 1.82) is 0 Å². The molecule has 2 aromatic carbocycles. The van der Waals surface area contributed by atoms with Crippen LogP contribution in [0.15, 0.2) is 53.7 Å². The predicted molar refractivity (Wildman–Crippen MR) is 122 cm³/mol. The van der Waals surface area contributed by atoms with Gasteiger partial charge in [0, 0.05) is 18.3 Å². The molecule has 0 saturated heterocycles. The standard InChI is InChI=1S/C24H26N4O5/c1-14-8-10-15(11-9-14)25-19(29)13-28-12-17-20(23(28)30)21(26-24(31)27(17)2)16-6-5-7-18(32-3)22(16)33-4/h5-11,21H,12-13H2,1-4H3,(H,25,29)(H,26,31). The van der Waals surface area contributed by atoms with Crippen LogP contribution < -0.4 is 20.1 Å². The molecular weight excluding hydrogens is 424 g/mol. The second-order valence-electron chi connectivity index (χ2n) is 7.96. The minimum absolute atomic E-state index is 0.135.